The quantitative estimate of drug-likeness (QED) is 0.867. The molecule has 0 saturated carbocycles. The standard InChI is InChI=1S/C17H24N4O2/c1-12-9-15(13(2)23-12)17(22)20-6-5-16-18-10-14(11-19(3)4)21(16)8-7-20/h9-10H,5-8,11H2,1-4H3. The number of aryl methyl sites for hydroxylation is 2. The summed E-state index contributed by atoms with van der Waals surface area (Å²) >= 11 is 0. The van der Waals surface area contributed by atoms with E-state index in [1.807, 2.05) is 31.0 Å². The molecule has 2 aromatic rings. The number of hydrogen-bond donors (Lipinski definition) is 0. The summed E-state index contributed by atoms with van der Waals surface area (Å²) in [6, 6.07) is 1.83. The summed E-state index contributed by atoms with van der Waals surface area (Å²) in [6.45, 7) is 6.77. The van der Waals surface area contributed by atoms with Crippen molar-refractivity contribution >= 4 is 5.91 Å². The van der Waals surface area contributed by atoms with Crippen LogP contribution in [0.5, 0.6) is 0 Å². The molecule has 0 aromatic carbocycles. The van der Waals surface area contributed by atoms with Gasteiger partial charge in [-0.1, -0.05) is 0 Å². The Bertz CT molecular complexity index is 714. The molecule has 1 aliphatic rings. The van der Waals surface area contributed by atoms with Crippen LogP contribution in [0.3, 0.4) is 0 Å². The zero-order chi connectivity index (χ0) is 16.6. The molecular formula is C17H24N4O2. The third-order valence-corrected chi connectivity index (χ3v) is 4.26. The first kappa shape index (κ1) is 15.8. The van der Waals surface area contributed by atoms with Crippen LogP contribution >= 0.6 is 0 Å². The minimum absolute atomic E-state index is 0.0549. The summed E-state index contributed by atoms with van der Waals surface area (Å²) in [7, 11) is 4.10. The molecule has 124 valence electrons. The molecule has 0 fully saturated rings. The largest absolute Gasteiger partial charge is 0.466 e. The maximum Gasteiger partial charge on any atom is 0.257 e. The van der Waals surface area contributed by atoms with Crippen molar-refractivity contribution in [3.63, 3.8) is 0 Å². The Labute approximate surface area is 136 Å². The summed E-state index contributed by atoms with van der Waals surface area (Å²) in [6.07, 6.45) is 2.74. The number of rotatable bonds is 3. The normalized spacial score (nSPS) is 14.9. The van der Waals surface area contributed by atoms with E-state index in [-0.39, 0.29) is 5.91 Å². The number of imidazole rings is 1. The Hall–Kier alpha value is -2.08. The van der Waals surface area contributed by atoms with Crippen molar-refractivity contribution in [2.45, 2.75) is 33.4 Å². The third kappa shape index (κ3) is 3.17. The van der Waals surface area contributed by atoms with E-state index < -0.39 is 0 Å². The summed E-state index contributed by atoms with van der Waals surface area (Å²) in [4.78, 5) is 21.3. The lowest BCUT2D eigenvalue weighted by molar-refractivity contribution is 0.0757. The van der Waals surface area contributed by atoms with Crippen molar-refractivity contribution < 1.29 is 9.21 Å². The second-order valence-corrected chi connectivity index (χ2v) is 6.42. The van der Waals surface area contributed by atoms with E-state index >= 15 is 0 Å². The first-order valence-corrected chi connectivity index (χ1v) is 8.00. The molecule has 3 heterocycles. The Morgan fingerprint density at radius 1 is 1.30 bits per heavy atom. The fraction of sp³-hybridized carbons (Fsp3) is 0.529. The third-order valence-electron chi connectivity index (χ3n) is 4.26. The predicted octanol–water partition coefficient (Wildman–Crippen LogP) is 1.85. The predicted molar refractivity (Wildman–Crippen MR) is 87.4 cm³/mol. The molecule has 0 unspecified atom stereocenters. The minimum atomic E-state index is 0.0549. The average molecular weight is 316 g/mol. The molecule has 0 atom stereocenters. The molecule has 0 N–H and O–H groups in total. The molecule has 0 spiro atoms. The van der Waals surface area contributed by atoms with Crippen LogP contribution in [0, 0.1) is 13.8 Å². The van der Waals surface area contributed by atoms with Crippen LogP contribution in [0.25, 0.3) is 0 Å². The molecule has 1 amide bonds. The number of nitrogens with zero attached hydrogens (tertiary/aromatic N) is 4. The molecule has 0 aliphatic carbocycles. The van der Waals surface area contributed by atoms with Crippen LogP contribution in [0.4, 0.5) is 0 Å². The molecular weight excluding hydrogens is 292 g/mol. The van der Waals surface area contributed by atoms with Crippen LogP contribution in [-0.4, -0.2) is 52.4 Å². The summed E-state index contributed by atoms with van der Waals surface area (Å²) < 4.78 is 7.75. The smallest absolute Gasteiger partial charge is 0.257 e. The van der Waals surface area contributed by atoms with E-state index in [1.165, 1.54) is 5.69 Å². The molecule has 23 heavy (non-hydrogen) atoms. The van der Waals surface area contributed by atoms with Gasteiger partial charge in [-0.15, -0.1) is 0 Å². The van der Waals surface area contributed by atoms with Gasteiger partial charge < -0.3 is 18.8 Å². The maximum atomic E-state index is 12.8. The van der Waals surface area contributed by atoms with Crippen LogP contribution in [0.1, 0.15) is 33.4 Å². The molecule has 6 nitrogen and oxygen atoms in total. The van der Waals surface area contributed by atoms with Gasteiger partial charge in [0.2, 0.25) is 0 Å². The van der Waals surface area contributed by atoms with Gasteiger partial charge >= 0.3 is 0 Å². The van der Waals surface area contributed by atoms with Gasteiger partial charge in [-0.05, 0) is 34.0 Å². The lowest BCUT2D eigenvalue weighted by atomic mass is 10.2. The van der Waals surface area contributed by atoms with Crippen LogP contribution in [0.2, 0.25) is 0 Å². The first-order chi connectivity index (χ1) is 11.0. The second kappa shape index (κ2) is 6.20. The van der Waals surface area contributed by atoms with E-state index in [0.29, 0.717) is 24.4 Å². The van der Waals surface area contributed by atoms with Crippen molar-refractivity contribution in [3.8, 4) is 0 Å². The van der Waals surface area contributed by atoms with E-state index in [2.05, 4.69) is 28.5 Å². The lowest BCUT2D eigenvalue weighted by Gasteiger charge is -2.20. The average Bonchev–Trinajstić information content (AvgIpc) is 2.93. The van der Waals surface area contributed by atoms with Crippen LogP contribution < -0.4 is 0 Å². The Morgan fingerprint density at radius 2 is 2.09 bits per heavy atom. The van der Waals surface area contributed by atoms with Gasteiger partial charge in [-0.25, -0.2) is 4.98 Å². The number of carbonyl (C=O) groups excluding carboxylic acids is 1. The minimum Gasteiger partial charge on any atom is -0.466 e. The van der Waals surface area contributed by atoms with Crippen molar-refractivity contribution in [1.82, 2.24) is 19.4 Å². The number of carbonyl (C=O) groups is 1. The van der Waals surface area contributed by atoms with Gasteiger partial charge in [-0.2, -0.15) is 0 Å². The highest BCUT2D eigenvalue weighted by Crippen LogP contribution is 2.19. The molecule has 2 aromatic heterocycles. The van der Waals surface area contributed by atoms with Crippen molar-refractivity contribution in [2.75, 3.05) is 27.2 Å². The molecule has 1 aliphatic heterocycles. The number of aromatic nitrogens is 2. The fourth-order valence-corrected chi connectivity index (χ4v) is 3.16. The number of hydrogen-bond acceptors (Lipinski definition) is 4. The van der Waals surface area contributed by atoms with Gasteiger partial charge in [0.05, 0.1) is 11.3 Å². The van der Waals surface area contributed by atoms with Crippen molar-refractivity contribution in [2.24, 2.45) is 0 Å². The Balaban J connectivity index is 1.76. The molecule has 0 radical (unpaired) electrons. The van der Waals surface area contributed by atoms with Gasteiger partial charge in [0.15, 0.2) is 0 Å². The van der Waals surface area contributed by atoms with Crippen molar-refractivity contribution in [1.29, 1.82) is 0 Å². The highest BCUT2D eigenvalue weighted by molar-refractivity contribution is 5.95. The van der Waals surface area contributed by atoms with Crippen molar-refractivity contribution in [3.05, 3.63) is 40.9 Å². The highest BCUT2D eigenvalue weighted by Gasteiger charge is 2.24. The second-order valence-electron chi connectivity index (χ2n) is 6.42. The monoisotopic (exact) mass is 316 g/mol. The molecule has 0 saturated heterocycles. The SMILES string of the molecule is Cc1cc(C(=O)N2CCc3ncc(CN(C)C)n3CC2)c(C)o1. The van der Waals surface area contributed by atoms with E-state index in [0.717, 1.165) is 31.1 Å². The first-order valence-electron chi connectivity index (χ1n) is 8.00. The summed E-state index contributed by atoms with van der Waals surface area (Å²) in [5.41, 5.74) is 1.88. The summed E-state index contributed by atoms with van der Waals surface area (Å²) in [5, 5.41) is 0. The van der Waals surface area contributed by atoms with Gasteiger partial charge in [0.1, 0.15) is 17.3 Å². The Kier molecular flexibility index (Phi) is 4.26. The van der Waals surface area contributed by atoms with Crippen LogP contribution in [-0.2, 0) is 19.5 Å². The molecule has 3 rings (SSSR count). The summed E-state index contributed by atoms with van der Waals surface area (Å²) in [5.74, 6) is 2.60. The number of fused-ring (bicyclic) bond motifs is 1. The van der Waals surface area contributed by atoms with Gasteiger partial charge in [0, 0.05) is 38.8 Å². The van der Waals surface area contributed by atoms with Crippen LogP contribution in [0.15, 0.2) is 16.7 Å². The van der Waals surface area contributed by atoms with E-state index in [4.69, 9.17) is 4.42 Å². The van der Waals surface area contributed by atoms with Gasteiger partial charge in [-0.3, -0.25) is 4.79 Å². The molecule has 6 heteroatoms. The fourth-order valence-electron chi connectivity index (χ4n) is 3.16. The maximum absolute atomic E-state index is 12.8. The van der Waals surface area contributed by atoms with E-state index in [1.54, 1.807) is 0 Å². The van der Waals surface area contributed by atoms with Gasteiger partial charge in [0.25, 0.3) is 5.91 Å². The lowest BCUT2D eigenvalue weighted by Crippen LogP contribution is -2.34. The number of furan rings is 1. The topological polar surface area (TPSA) is 54.5 Å². The molecule has 0 bridgehead atoms. The highest BCUT2D eigenvalue weighted by atomic mass is 16.3. The number of amides is 1. The zero-order valence-electron chi connectivity index (χ0n) is 14.3. The van der Waals surface area contributed by atoms with E-state index in [9.17, 15) is 4.79 Å². The zero-order valence-corrected chi connectivity index (χ0v) is 14.3. The Morgan fingerprint density at radius 3 is 2.74 bits per heavy atom.